The molecule has 0 bridgehead atoms. The summed E-state index contributed by atoms with van der Waals surface area (Å²) in [5.74, 6) is -0.215. The monoisotopic (exact) mass is 166 g/mol. The summed E-state index contributed by atoms with van der Waals surface area (Å²) in [6.45, 7) is 3.55. The molecule has 3 radical (unpaired) electrons. The molecule has 3 fully saturated rings. The van der Waals surface area contributed by atoms with Crippen LogP contribution in [-0.2, 0) is 9.47 Å². The summed E-state index contributed by atoms with van der Waals surface area (Å²) in [5, 5.41) is 3.36. The molecular weight excluding hydrogens is 153 g/mol. The van der Waals surface area contributed by atoms with E-state index in [1.807, 2.05) is 0 Å². The highest BCUT2D eigenvalue weighted by molar-refractivity contribution is 5.75. The first-order chi connectivity index (χ1) is 5.37. The fraction of sp³-hybridized carbons (Fsp3) is 1.00. The molecule has 65 valence electrons. The Labute approximate surface area is 74.4 Å². The molecule has 0 aromatic carbocycles. The summed E-state index contributed by atoms with van der Waals surface area (Å²) < 4.78 is 11.4. The number of hydrogen-bond acceptors (Lipinski definition) is 3. The van der Waals surface area contributed by atoms with Crippen molar-refractivity contribution in [3.05, 3.63) is 0 Å². The van der Waals surface area contributed by atoms with Gasteiger partial charge >= 0.3 is 0 Å². The molecular formula is C8H13BNO2. The molecule has 0 aromatic rings. The van der Waals surface area contributed by atoms with E-state index >= 15 is 0 Å². The van der Waals surface area contributed by atoms with Crippen LogP contribution in [0.5, 0.6) is 0 Å². The number of ether oxygens (including phenoxy) is 2. The van der Waals surface area contributed by atoms with Crippen LogP contribution in [0.3, 0.4) is 0 Å². The molecule has 2 spiro atoms. The van der Waals surface area contributed by atoms with Crippen LogP contribution < -0.4 is 5.32 Å². The van der Waals surface area contributed by atoms with Crippen molar-refractivity contribution in [1.29, 1.82) is 0 Å². The minimum Gasteiger partial charge on any atom is -0.346 e. The number of fused-ring (bicyclic) bond motifs is 1. The van der Waals surface area contributed by atoms with E-state index in [-0.39, 0.29) is 14.2 Å². The first-order valence-corrected chi connectivity index (χ1v) is 4.36. The van der Waals surface area contributed by atoms with Crippen LogP contribution in [0.2, 0.25) is 0 Å². The maximum absolute atomic E-state index is 5.69. The standard InChI is InChI=1S/C8H13NO2.B/c1-2-7(1)5-9-6-8(7)10-3-4-11-8;/h9H,1-6H2;. The van der Waals surface area contributed by atoms with E-state index in [1.165, 1.54) is 12.8 Å². The van der Waals surface area contributed by atoms with Gasteiger partial charge in [-0.3, -0.25) is 0 Å². The molecule has 0 amide bonds. The summed E-state index contributed by atoms with van der Waals surface area (Å²) in [7, 11) is 0. The molecule has 1 N–H and O–H groups in total. The molecule has 12 heavy (non-hydrogen) atoms. The zero-order valence-electron chi connectivity index (χ0n) is 7.14. The Morgan fingerprint density at radius 3 is 2.25 bits per heavy atom. The molecule has 3 aliphatic rings. The Hall–Kier alpha value is -0.0551. The fourth-order valence-electron chi connectivity index (χ4n) is 2.36. The van der Waals surface area contributed by atoms with E-state index in [2.05, 4.69) is 5.32 Å². The largest absolute Gasteiger partial charge is 0.346 e. The average Bonchev–Trinajstić information content (AvgIpc) is 2.55. The third kappa shape index (κ3) is 0.831. The summed E-state index contributed by atoms with van der Waals surface area (Å²) in [4.78, 5) is 0. The third-order valence-corrected chi connectivity index (χ3v) is 3.24. The van der Waals surface area contributed by atoms with Crippen molar-refractivity contribution in [1.82, 2.24) is 5.32 Å². The van der Waals surface area contributed by atoms with Gasteiger partial charge in [-0.1, -0.05) is 0 Å². The van der Waals surface area contributed by atoms with Gasteiger partial charge < -0.3 is 14.8 Å². The van der Waals surface area contributed by atoms with Crippen molar-refractivity contribution in [2.24, 2.45) is 5.41 Å². The zero-order valence-corrected chi connectivity index (χ0v) is 7.14. The van der Waals surface area contributed by atoms with E-state index in [0.29, 0.717) is 5.41 Å². The molecule has 3 nitrogen and oxygen atoms in total. The van der Waals surface area contributed by atoms with Gasteiger partial charge in [0.2, 0.25) is 0 Å². The third-order valence-electron chi connectivity index (χ3n) is 3.24. The second kappa shape index (κ2) is 2.47. The van der Waals surface area contributed by atoms with Crippen LogP contribution in [0, 0.1) is 5.41 Å². The normalized spacial score (nSPS) is 34.0. The minimum atomic E-state index is -0.215. The van der Waals surface area contributed by atoms with Crippen molar-refractivity contribution >= 4 is 8.41 Å². The van der Waals surface area contributed by atoms with Crippen molar-refractivity contribution in [3.8, 4) is 0 Å². The smallest absolute Gasteiger partial charge is 0.187 e. The van der Waals surface area contributed by atoms with Crippen LogP contribution in [-0.4, -0.2) is 40.5 Å². The van der Waals surface area contributed by atoms with E-state index in [9.17, 15) is 0 Å². The Morgan fingerprint density at radius 1 is 1.00 bits per heavy atom. The van der Waals surface area contributed by atoms with Crippen molar-refractivity contribution in [2.75, 3.05) is 26.3 Å². The lowest BCUT2D eigenvalue weighted by Crippen LogP contribution is -2.40. The van der Waals surface area contributed by atoms with Gasteiger partial charge in [0.1, 0.15) is 0 Å². The van der Waals surface area contributed by atoms with E-state index in [1.54, 1.807) is 0 Å². The second-order valence-corrected chi connectivity index (χ2v) is 3.83. The summed E-state index contributed by atoms with van der Waals surface area (Å²) >= 11 is 0. The lowest BCUT2D eigenvalue weighted by molar-refractivity contribution is -0.179. The maximum Gasteiger partial charge on any atom is 0.187 e. The van der Waals surface area contributed by atoms with E-state index < -0.39 is 0 Å². The summed E-state index contributed by atoms with van der Waals surface area (Å²) in [6.07, 6.45) is 2.56. The van der Waals surface area contributed by atoms with Crippen LogP contribution >= 0.6 is 0 Å². The molecule has 3 rings (SSSR count). The first-order valence-electron chi connectivity index (χ1n) is 4.36. The lowest BCUT2D eigenvalue weighted by atomic mass is 10.00. The topological polar surface area (TPSA) is 30.5 Å². The first kappa shape index (κ1) is 8.54. The molecule has 2 heterocycles. The van der Waals surface area contributed by atoms with Crippen molar-refractivity contribution in [3.63, 3.8) is 0 Å². The average molecular weight is 166 g/mol. The Morgan fingerprint density at radius 2 is 1.67 bits per heavy atom. The van der Waals surface area contributed by atoms with Gasteiger partial charge in [0.15, 0.2) is 5.79 Å². The molecule has 0 aromatic heterocycles. The van der Waals surface area contributed by atoms with Gasteiger partial charge in [-0.15, -0.1) is 0 Å². The fourth-order valence-corrected chi connectivity index (χ4v) is 2.36. The molecule has 0 atom stereocenters. The van der Waals surface area contributed by atoms with Crippen LogP contribution in [0.4, 0.5) is 0 Å². The Bertz CT molecular complexity index is 182. The maximum atomic E-state index is 5.69. The van der Waals surface area contributed by atoms with Gasteiger partial charge in [0, 0.05) is 20.4 Å². The highest BCUT2D eigenvalue weighted by atomic mass is 16.7. The molecule has 4 heteroatoms. The Kier molecular flexibility index (Phi) is 1.76. The van der Waals surface area contributed by atoms with Crippen LogP contribution in [0.15, 0.2) is 0 Å². The predicted octanol–water partition coefficient (Wildman–Crippen LogP) is -0.268. The van der Waals surface area contributed by atoms with Gasteiger partial charge in [-0.05, 0) is 12.8 Å². The molecule has 2 aliphatic heterocycles. The minimum absolute atomic E-state index is 0. The highest BCUT2D eigenvalue weighted by Gasteiger charge is 2.65. The van der Waals surface area contributed by atoms with Crippen LogP contribution in [0.1, 0.15) is 12.8 Å². The van der Waals surface area contributed by atoms with Crippen molar-refractivity contribution in [2.45, 2.75) is 18.6 Å². The van der Waals surface area contributed by atoms with Gasteiger partial charge in [0.25, 0.3) is 0 Å². The SMILES string of the molecule is C1COC2(CNCC23CC3)O1.[B]. The zero-order chi connectivity index (χ0) is 7.36. The summed E-state index contributed by atoms with van der Waals surface area (Å²) in [5.41, 5.74) is 0.365. The van der Waals surface area contributed by atoms with Crippen molar-refractivity contribution < 1.29 is 9.47 Å². The lowest BCUT2D eigenvalue weighted by Gasteiger charge is -2.27. The molecule has 0 unspecified atom stereocenters. The van der Waals surface area contributed by atoms with Gasteiger partial charge in [-0.2, -0.15) is 0 Å². The Balaban J connectivity index is 0.000000563. The molecule has 1 saturated carbocycles. The number of rotatable bonds is 0. The van der Waals surface area contributed by atoms with Gasteiger partial charge in [0.05, 0.1) is 19.8 Å². The van der Waals surface area contributed by atoms with Gasteiger partial charge in [-0.25, -0.2) is 0 Å². The predicted molar refractivity (Wildman–Crippen MR) is 44.9 cm³/mol. The molecule has 2 saturated heterocycles. The summed E-state index contributed by atoms with van der Waals surface area (Å²) in [6, 6.07) is 0. The van der Waals surface area contributed by atoms with Crippen LogP contribution in [0.25, 0.3) is 0 Å². The quantitative estimate of drug-likeness (QED) is 0.502. The number of hydrogen-bond donors (Lipinski definition) is 1. The molecule has 1 aliphatic carbocycles. The highest BCUT2D eigenvalue weighted by Crippen LogP contribution is 2.59. The van der Waals surface area contributed by atoms with E-state index in [0.717, 1.165) is 26.3 Å². The second-order valence-electron chi connectivity index (χ2n) is 3.83. The van der Waals surface area contributed by atoms with E-state index in [4.69, 9.17) is 9.47 Å². The number of nitrogens with one attached hydrogen (secondary N) is 1.